The van der Waals surface area contributed by atoms with E-state index in [1.54, 1.807) is 0 Å². The molecule has 1 fully saturated rings. The maximum atomic E-state index is 4.22. The molecule has 2 aromatic rings. The van der Waals surface area contributed by atoms with Crippen LogP contribution in [-0.4, -0.2) is 18.1 Å². The lowest BCUT2D eigenvalue weighted by atomic mass is 9.90. The third-order valence-corrected chi connectivity index (χ3v) is 4.72. The van der Waals surface area contributed by atoms with Crippen LogP contribution in [0.1, 0.15) is 29.5 Å². The van der Waals surface area contributed by atoms with Crippen LogP contribution in [0.15, 0.2) is 42.7 Å². The van der Waals surface area contributed by atoms with E-state index in [1.807, 2.05) is 18.5 Å². The summed E-state index contributed by atoms with van der Waals surface area (Å²) in [6.07, 6.45) is 7.60. The molecule has 0 spiro atoms. The zero-order valence-corrected chi connectivity index (χ0v) is 13.0. The Morgan fingerprint density at radius 3 is 2.57 bits per heavy atom. The fourth-order valence-electron chi connectivity index (χ4n) is 3.17. The monoisotopic (exact) mass is 280 g/mol. The van der Waals surface area contributed by atoms with Crippen molar-refractivity contribution < 1.29 is 0 Å². The molecule has 21 heavy (non-hydrogen) atoms. The van der Waals surface area contributed by atoms with Gasteiger partial charge in [-0.15, -0.1) is 0 Å². The summed E-state index contributed by atoms with van der Waals surface area (Å²) in [5, 5.41) is 0. The van der Waals surface area contributed by atoms with Crippen molar-refractivity contribution in [2.24, 2.45) is 5.92 Å². The van der Waals surface area contributed by atoms with Gasteiger partial charge in [-0.05, 0) is 73.9 Å². The number of piperidine rings is 1. The van der Waals surface area contributed by atoms with Gasteiger partial charge >= 0.3 is 0 Å². The Bertz CT molecular complexity index is 584. The normalized spacial score (nSPS) is 16.2. The molecule has 1 aliphatic rings. The van der Waals surface area contributed by atoms with Crippen LogP contribution in [0.3, 0.4) is 0 Å². The number of hydrogen-bond donors (Lipinski definition) is 0. The molecule has 0 unspecified atom stereocenters. The maximum absolute atomic E-state index is 4.22. The van der Waals surface area contributed by atoms with Crippen LogP contribution in [0.5, 0.6) is 0 Å². The van der Waals surface area contributed by atoms with E-state index in [-0.39, 0.29) is 0 Å². The molecule has 0 aliphatic carbocycles. The molecule has 1 saturated heterocycles. The van der Waals surface area contributed by atoms with Crippen LogP contribution in [0.2, 0.25) is 0 Å². The van der Waals surface area contributed by atoms with Crippen molar-refractivity contribution in [1.29, 1.82) is 0 Å². The van der Waals surface area contributed by atoms with E-state index in [0.717, 1.165) is 5.92 Å². The van der Waals surface area contributed by atoms with Crippen LogP contribution >= 0.6 is 0 Å². The van der Waals surface area contributed by atoms with Gasteiger partial charge in [0.1, 0.15) is 0 Å². The number of aromatic nitrogens is 1. The molecule has 0 atom stereocenters. The fourth-order valence-corrected chi connectivity index (χ4v) is 3.17. The minimum atomic E-state index is 0.803. The molecule has 1 aromatic heterocycles. The van der Waals surface area contributed by atoms with Gasteiger partial charge in [-0.25, -0.2) is 0 Å². The molecule has 0 bridgehead atoms. The van der Waals surface area contributed by atoms with E-state index in [9.17, 15) is 0 Å². The van der Waals surface area contributed by atoms with Crippen LogP contribution in [-0.2, 0) is 6.42 Å². The van der Waals surface area contributed by atoms with E-state index in [0.29, 0.717) is 0 Å². The van der Waals surface area contributed by atoms with Gasteiger partial charge in [0, 0.05) is 31.2 Å². The summed E-state index contributed by atoms with van der Waals surface area (Å²) < 4.78 is 0. The molecule has 0 radical (unpaired) electrons. The molecule has 0 N–H and O–H groups in total. The van der Waals surface area contributed by atoms with E-state index in [2.05, 4.69) is 48.0 Å². The van der Waals surface area contributed by atoms with Crippen molar-refractivity contribution in [3.63, 3.8) is 0 Å². The van der Waals surface area contributed by atoms with Gasteiger partial charge in [0.05, 0.1) is 0 Å². The summed E-state index contributed by atoms with van der Waals surface area (Å²) in [7, 11) is 0. The first-order chi connectivity index (χ1) is 10.2. The number of benzene rings is 1. The van der Waals surface area contributed by atoms with Crippen molar-refractivity contribution >= 4 is 5.69 Å². The average Bonchev–Trinajstić information content (AvgIpc) is 2.52. The summed E-state index contributed by atoms with van der Waals surface area (Å²) in [4.78, 5) is 6.75. The van der Waals surface area contributed by atoms with Crippen LogP contribution in [0.4, 0.5) is 5.69 Å². The van der Waals surface area contributed by atoms with Crippen molar-refractivity contribution in [1.82, 2.24) is 4.98 Å². The van der Waals surface area contributed by atoms with Gasteiger partial charge in [-0.2, -0.15) is 0 Å². The fraction of sp³-hybridized carbons (Fsp3) is 0.421. The quantitative estimate of drug-likeness (QED) is 0.839. The SMILES string of the molecule is Cc1ccc(N2CCC(Cc3cccnc3)CC2)cc1C. The van der Waals surface area contributed by atoms with Crippen LogP contribution in [0, 0.1) is 19.8 Å². The van der Waals surface area contributed by atoms with Gasteiger partial charge in [0.2, 0.25) is 0 Å². The largest absolute Gasteiger partial charge is 0.372 e. The summed E-state index contributed by atoms with van der Waals surface area (Å²) in [5.74, 6) is 0.803. The first-order valence-corrected chi connectivity index (χ1v) is 7.93. The number of pyridine rings is 1. The number of hydrogen-bond acceptors (Lipinski definition) is 2. The minimum Gasteiger partial charge on any atom is -0.372 e. The third kappa shape index (κ3) is 3.44. The lowest BCUT2D eigenvalue weighted by molar-refractivity contribution is 0.403. The zero-order valence-electron chi connectivity index (χ0n) is 13.0. The first kappa shape index (κ1) is 14.1. The molecule has 1 aromatic carbocycles. The summed E-state index contributed by atoms with van der Waals surface area (Å²) in [6.45, 7) is 6.73. The van der Waals surface area contributed by atoms with E-state index >= 15 is 0 Å². The average molecular weight is 280 g/mol. The Hall–Kier alpha value is -1.83. The standard InChI is InChI=1S/C19H24N2/c1-15-5-6-19(12-16(15)2)21-10-7-17(8-11-21)13-18-4-3-9-20-14-18/h3-6,9,12,14,17H,7-8,10-11,13H2,1-2H3. The highest BCUT2D eigenvalue weighted by Gasteiger charge is 2.19. The number of anilines is 1. The molecule has 1 aliphatic heterocycles. The summed E-state index contributed by atoms with van der Waals surface area (Å²) in [5.41, 5.74) is 5.54. The Morgan fingerprint density at radius 2 is 1.90 bits per heavy atom. The van der Waals surface area contributed by atoms with Gasteiger partial charge in [0.25, 0.3) is 0 Å². The van der Waals surface area contributed by atoms with E-state index in [4.69, 9.17) is 0 Å². The molecule has 2 heteroatoms. The lowest BCUT2D eigenvalue weighted by Crippen LogP contribution is -2.34. The highest BCUT2D eigenvalue weighted by Crippen LogP contribution is 2.26. The number of aryl methyl sites for hydroxylation is 2. The molecule has 2 nitrogen and oxygen atoms in total. The predicted molar refractivity (Wildman–Crippen MR) is 88.8 cm³/mol. The van der Waals surface area contributed by atoms with Gasteiger partial charge in [-0.3, -0.25) is 4.98 Å². The molecule has 2 heterocycles. The van der Waals surface area contributed by atoms with Crippen LogP contribution < -0.4 is 4.90 Å². The second-order valence-corrected chi connectivity index (χ2v) is 6.26. The number of rotatable bonds is 3. The summed E-state index contributed by atoms with van der Waals surface area (Å²) in [6, 6.07) is 11.1. The smallest absolute Gasteiger partial charge is 0.0369 e. The zero-order chi connectivity index (χ0) is 14.7. The third-order valence-electron chi connectivity index (χ3n) is 4.72. The molecular weight excluding hydrogens is 256 g/mol. The second kappa shape index (κ2) is 6.30. The Balaban J connectivity index is 1.58. The lowest BCUT2D eigenvalue weighted by Gasteiger charge is -2.34. The maximum Gasteiger partial charge on any atom is 0.0369 e. The first-order valence-electron chi connectivity index (χ1n) is 7.93. The highest BCUT2D eigenvalue weighted by molar-refractivity contribution is 5.50. The van der Waals surface area contributed by atoms with Crippen molar-refractivity contribution in [3.8, 4) is 0 Å². The predicted octanol–water partition coefficient (Wildman–Crippen LogP) is 4.16. The van der Waals surface area contributed by atoms with E-state index < -0.39 is 0 Å². The molecular formula is C19H24N2. The van der Waals surface area contributed by atoms with Crippen molar-refractivity contribution in [2.45, 2.75) is 33.1 Å². The van der Waals surface area contributed by atoms with Crippen molar-refractivity contribution in [3.05, 3.63) is 59.4 Å². The topological polar surface area (TPSA) is 16.1 Å². The minimum absolute atomic E-state index is 0.803. The van der Waals surface area contributed by atoms with Gasteiger partial charge in [-0.1, -0.05) is 12.1 Å². The Morgan fingerprint density at radius 1 is 1.10 bits per heavy atom. The van der Waals surface area contributed by atoms with Gasteiger partial charge in [0.15, 0.2) is 0 Å². The Kier molecular flexibility index (Phi) is 4.23. The van der Waals surface area contributed by atoms with Gasteiger partial charge < -0.3 is 4.90 Å². The highest BCUT2D eigenvalue weighted by atomic mass is 15.1. The molecule has 110 valence electrons. The number of nitrogens with zero attached hydrogens (tertiary/aromatic N) is 2. The van der Waals surface area contributed by atoms with Crippen LogP contribution in [0.25, 0.3) is 0 Å². The van der Waals surface area contributed by atoms with Crippen molar-refractivity contribution in [2.75, 3.05) is 18.0 Å². The summed E-state index contributed by atoms with van der Waals surface area (Å²) >= 11 is 0. The Labute approximate surface area is 127 Å². The molecule has 0 saturated carbocycles. The molecule has 0 amide bonds. The van der Waals surface area contributed by atoms with E-state index in [1.165, 1.54) is 54.7 Å². The molecule has 3 rings (SSSR count). The second-order valence-electron chi connectivity index (χ2n) is 6.26.